The summed E-state index contributed by atoms with van der Waals surface area (Å²) in [6.07, 6.45) is 1.66. The molecule has 0 saturated heterocycles. The number of hydrogen-bond donors (Lipinski definition) is 3. The van der Waals surface area contributed by atoms with Crippen molar-refractivity contribution in [2.24, 2.45) is 5.84 Å². The third kappa shape index (κ3) is 2.97. The lowest BCUT2D eigenvalue weighted by molar-refractivity contribution is 0.280. The standard InChI is InChI=1S/C13H15N3O2/c14-16-13-11(2-1-7-15-13)9-18-12-5-3-10(8-17)4-6-12/h1-7,17H,8-9,14H2,(H,15,16). The number of ether oxygens (including phenoxy) is 1. The number of nitrogens with zero attached hydrogens (tertiary/aromatic N) is 1. The highest BCUT2D eigenvalue weighted by Crippen LogP contribution is 2.16. The number of aliphatic hydroxyl groups excluding tert-OH is 1. The lowest BCUT2D eigenvalue weighted by atomic mass is 10.2. The van der Waals surface area contributed by atoms with Crippen molar-refractivity contribution in [2.45, 2.75) is 13.2 Å². The molecule has 5 nitrogen and oxygen atoms in total. The Balaban J connectivity index is 2.02. The van der Waals surface area contributed by atoms with Gasteiger partial charge < -0.3 is 15.3 Å². The van der Waals surface area contributed by atoms with Gasteiger partial charge in [0.15, 0.2) is 0 Å². The van der Waals surface area contributed by atoms with E-state index in [9.17, 15) is 0 Å². The van der Waals surface area contributed by atoms with Gasteiger partial charge in [-0.05, 0) is 23.8 Å². The van der Waals surface area contributed by atoms with Crippen LogP contribution in [0.5, 0.6) is 5.75 Å². The van der Waals surface area contributed by atoms with Crippen molar-refractivity contribution in [1.29, 1.82) is 0 Å². The van der Waals surface area contributed by atoms with Crippen molar-refractivity contribution in [1.82, 2.24) is 4.98 Å². The van der Waals surface area contributed by atoms with Crippen molar-refractivity contribution in [2.75, 3.05) is 5.43 Å². The molecule has 0 aliphatic heterocycles. The van der Waals surface area contributed by atoms with E-state index in [1.54, 1.807) is 6.20 Å². The number of hydrazine groups is 1. The van der Waals surface area contributed by atoms with Crippen LogP contribution in [-0.4, -0.2) is 10.1 Å². The van der Waals surface area contributed by atoms with Gasteiger partial charge in [0.1, 0.15) is 18.2 Å². The number of pyridine rings is 1. The number of benzene rings is 1. The second kappa shape index (κ2) is 6.00. The van der Waals surface area contributed by atoms with Crippen LogP contribution < -0.4 is 16.0 Å². The zero-order chi connectivity index (χ0) is 12.8. The van der Waals surface area contributed by atoms with Gasteiger partial charge in [0.05, 0.1) is 6.61 Å². The highest BCUT2D eigenvalue weighted by atomic mass is 16.5. The number of aliphatic hydroxyl groups is 1. The molecule has 0 spiro atoms. The van der Waals surface area contributed by atoms with Crippen LogP contribution in [0.2, 0.25) is 0 Å². The van der Waals surface area contributed by atoms with E-state index >= 15 is 0 Å². The van der Waals surface area contributed by atoms with E-state index < -0.39 is 0 Å². The predicted molar refractivity (Wildman–Crippen MR) is 68.7 cm³/mol. The molecule has 1 heterocycles. The maximum absolute atomic E-state index is 8.93. The number of nitrogens with one attached hydrogen (secondary N) is 1. The Morgan fingerprint density at radius 3 is 2.67 bits per heavy atom. The lowest BCUT2D eigenvalue weighted by Gasteiger charge is -2.09. The smallest absolute Gasteiger partial charge is 0.146 e. The molecule has 2 aromatic rings. The second-order valence-electron chi connectivity index (χ2n) is 3.75. The molecule has 0 aliphatic rings. The third-order valence-electron chi connectivity index (χ3n) is 2.53. The summed E-state index contributed by atoms with van der Waals surface area (Å²) < 4.78 is 5.62. The zero-order valence-corrected chi connectivity index (χ0v) is 9.84. The minimum Gasteiger partial charge on any atom is -0.489 e. The molecule has 0 fully saturated rings. The Labute approximate surface area is 105 Å². The van der Waals surface area contributed by atoms with Gasteiger partial charge in [-0.3, -0.25) is 0 Å². The van der Waals surface area contributed by atoms with Gasteiger partial charge in [0.25, 0.3) is 0 Å². The first-order valence-corrected chi connectivity index (χ1v) is 5.56. The summed E-state index contributed by atoms with van der Waals surface area (Å²) in [6, 6.07) is 11.0. The Hall–Kier alpha value is -2.11. The first-order valence-electron chi connectivity index (χ1n) is 5.56. The van der Waals surface area contributed by atoms with Crippen LogP contribution in [0.4, 0.5) is 5.82 Å². The van der Waals surface area contributed by atoms with Crippen molar-refractivity contribution in [3.63, 3.8) is 0 Å². The summed E-state index contributed by atoms with van der Waals surface area (Å²) in [7, 11) is 0. The van der Waals surface area contributed by atoms with Crippen LogP contribution >= 0.6 is 0 Å². The van der Waals surface area contributed by atoms with Gasteiger partial charge >= 0.3 is 0 Å². The number of aromatic nitrogens is 1. The Bertz CT molecular complexity index is 500. The molecule has 0 bridgehead atoms. The summed E-state index contributed by atoms with van der Waals surface area (Å²) in [4.78, 5) is 4.09. The molecule has 1 aromatic carbocycles. The van der Waals surface area contributed by atoms with Gasteiger partial charge in [-0.15, -0.1) is 0 Å². The van der Waals surface area contributed by atoms with E-state index in [2.05, 4.69) is 10.4 Å². The van der Waals surface area contributed by atoms with Gasteiger partial charge in [-0.2, -0.15) is 0 Å². The lowest BCUT2D eigenvalue weighted by Crippen LogP contribution is -2.12. The van der Waals surface area contributed by atoms with E-state index in [0.717, 1.165) is 16.9 Å². The summed E-state index contributed by atoms with van der Waals surface area (Å²) in [5.41, 5.74) is 4.26. The van der Waals surface area contributed by atoms with E-state index in [1.165, 1.54) is 0 Å². The molecule has 0 atom stereocenters. The SMILES string of the molecule is NNc1ncccc1COc1ccc(CO)cc1. The number of anilines is 1. The summed E-state index contributed by atoms with van der Waals surface area (Å²) in [5, 5.41) is 8.93. The van der Waals surface area contributed by atoms with Crippen LogP contribution in [0.15, 0.2) is 42.6 Å². The fraction of sp³-hybridized carbons (Fsp3) is 0.154. The van der Waals surface area contributed by atoms with Crippen molar-refractivity contribution < 1.29 is 9.84 Å². The average Bonchev–Trinajstić information content (AvgIpc) is 2.46. The highest BCUT2D eigenvalue weighted by Gasteiger charge is 2.02. The molecule has 4 N–H and O–H groups in total. The average molecular weight is 245 g/mol. The Morgan fingerprint density at radius 1 is 1.22 bits per heavy atom. The van der Waals surface area contributed by atoms with E-state index in [4.69, 9.17) is 15.7 Å². The molecular formula is C13H15N3O2. The zero-order valence-electron chi connectivity index (χ0n) is 9.84. The molecule has 5 heteroatoms. The normalized spacial score (nSPS) is 10.1. The maximum atomic E-state index is 8.93. The Morgan fingerprint density at radius 2 is 2.00 bits per heavy atom. The quantitative estimate of drug-likeness (QED) is 0.548. The third-order valence-corrected chi connectivity index (χ3v) is 2.53. The number of nitrogen functional groups attached to an aromatic ring is 1. The predicted octanol–water partition coefficient (Wildman–Crippen LogP) is 1.44. The summed E-state index contributed by atoms with van der Waals surface area (Å²) in [5.74, 6) is 6.70. The van der Waals surface area contributed by atoms with Gasteiger partial charge in [0.2, 0.25) is 0 Å². The number of hydrogen-bond acceptors (Lipinski definition) is 5. The monoisotopic (exact) mass is 245 g/mol. The molecule has 0 radical (unpaired) electrons. The first-order chi connectivity index (χ1) is 8.83. The van der Waals surface area contributed by atoms with Crippen LogP contribution in [0.1, 0.15) is 11.1 Å². The highest BCUT2D eigenvalue weighted by molar-refractivity contribution is 5.42. The Kier molecular flexibility index (Phi) is 4.11. The minimum atomic E-state index is 0.0319. The molecule has 0 unspecified atom stereocenters. The molecule has 2 rings (SSSR count). The second-order valence-corrected chi connectivity index (χ2v) is 3.75. The fourth-order valence-corrected chi connectivity index (χ4v) is 1.54. The van der Waals surface area contributed by atoms with Crippen molar-refractivity contribution >= 4 is 5.82 Å². The van der Waals surface area contributed by atoms with E-state index in [-0.39, 0.29) is 6.61 Å². The number of nitrogens with two attached hydrogens (primary N) is 1. The summed E-state index contributed by atoms with van der Waals surface area (Å²) in [6.45, 7) is 0.413. The van der Waals surface area contributed by atoms with Crippen LogP contribution in [-0.2, 0) is 13.2 Å². The molecule has 0 amide bonds. The largest absolute Gasteiger partial charge is 0.489 e. The van der Waals surface area contributed by atoms with Crippen LogP contribution in [0.3, 0.4) is 0 Å². The molecule has 0 saturated carbocycles. The molecule has 18 heavy (non-hydrogen) atoms. The maximum Gasteiger partial charge on any atom is 0.146 e. The molecular weight excluding hydrogens is 230 g/mol. The first kappa shape index (κ1) is 12.3. The topological polar surface area (TPSA) is 80.4 Å². The molecule has 94 valence electrons. The summed E-state index contributed by atoms with van der Waals surface area (Å²) >= 11 is 0. The van der Waals surface area contributed by atoms with Crippen LogP contribution in [0.25, 0.3) is 0 Å². The number of rotatable bonds is 5. The van der Waals surface area contributed by atoms with E-state index in [1.807, 2.05) is 36.4 Å². The van der Waals surface area contributed by atoms with Gasteiger partial charge in [0, 0.05) is 11.8 Å². The molecule has 1 aromatic heterocycles. The van der Waals surface area contributed by atoms with Gasteiger partial charge in [-0.1, -0.05) is 18.2 Å². The molecule has 0 aliphatic carbocycles. The van der Waals surface area contributed by atoms with Crippen molar-refractivity contribution in [3.8, 4) is 5.75 Å². The fourth-order valence-electron chi connectivity index (χ4n) is 1.54. The van der Waals surface area contributed by atoms with E-state index in [0.29, 0.717) is 12.4 Å². The van der Waals surface area contributed by atoms with Crippen LogP contribution in [0, 0.1) is 0 Å². The van der Waals surface area contributed by atoms with Crippen molar-refractivity contribution in [3.05, 3.63) is 53.7 Å². The van der Waals surface area contributed by atoms with Gasteiger partial charge in [-0.25, -0.2) is 10.8 Å². The minimum absolute atomic E-state index is 0.0319.